The number of aromatic nitrogens is 1. The summed E-state index contributed by atoms with van der Waals surface area (Å²) >= 11 is 0. The first-order valence-corrected chi connectivity index (χ1v) is 7.52. The molecule has 6 nitrogen and oxygen atoms in total. The number of nitrogen functional groups attached to an aromatic ring is 1. The standard InChI is InChI=1S/C15H20N4O2/c16-11-1-2-13-14(9-11)21-15(17-13)19-4-3-12(10-19)18-5-7-20-8-6-18/h1-2,9,12H,3-8,10,16H2. The highest BCUT2D eigenvalue weighted by Gasteiger charge is 2.30. The van der Waals surface area contributed by atoms with E-state index >= 15 is 0 Å². The molecule has 1 unspecified atom stereocenters. The third-order valence-corrected chi connectivity index (χ3v) is 4.40. The highest BCUT2D eigenvalue weighted by Crippen LogP contribution is 2.27. The van der Waals surface area contributed by atoms with E-state index in [1.54, 1.807) is 0 Å². The second-order valence-electron chi connectivity index (χ2n) is 5.76. The van der Waals surface area contributed by atoms with Gasteiger partial charge in [-0.05, 0) is 18.6 Å². The Morgan fingerprint density at radius 2 is 2.05 bits per heavy atom. The van der Waals surface area contributed by atoms with Crippen molar-refractivity contribution in [1.29, 1.82) is 0 Å². The molecule has 1 atom stereocenters. The van der Waals surface area contributed by atoms with E-state index in [2.05, 4.69) is 14.8 Å². The summed E-state index contributed by atoms with van der Waals surface area (Å²) in [5, 5.41) is 0. The minimum Gasteiger partial charge on any atom is -0.423 e. The molecule has 1 aromatic heterocycles. The molecule has 0 spiro atoms. The summed E-state index contributed by atoms with van der Waals surface area (Å²) in [5.74, 6) is 0. The number of ether oxygens (including phenoxy) is 1. The molecule has 2 aliphatic heterocycles. The lowest BCUT2D eigenvalue weighted by Gasteiger charge is -2.31. The molecule has 0 radical (unpaired) electrons. The summed E-state index contributed by atoms with van der Waals surface area (Å²) in [7, 11) is 0. The summed E-state index contributed by atoms with van der Waals surface area (Å²) in [4.78, 5) is 9.33. The number of nitrogens with two attached hydrogens (primary N) is 1. The Morgan fingerprint density at radius 1 is 1.19 bits per heavy atom. The van der Waals surface area contributed by atoms with E-state index in [0.29, 0.717) is 17.7 Å². The van der Waals surface area contributed by atoms with Crippen molar-refractivity contribution in [3.63, 3.8) is 0 Å². The molecule has 0 saturated carbocycles. The molecule has 21 heavy (non-hydrogen) atoms. The van der Waals surface area contributed by atoms with Crippen LogP contribution in [0.5, 0.6) is 0 Å². The molecule has 2 aromatic rings. The Kier molecular flexibility index (Phi) is 3.20. The van der Waals surface area contributed by atoms with E-state index in [9.17, 15) is 0 Å². The van der Waals surface area contributed by atoms with Gasteiger partial charge in [-0.1, -0.05) is 0 Å². The lowest BCUT2D eigenvalue weighted by molar-refractivity contribution is 0.0209. The van der Waals surface area contributed by atoms with E-state index in [1.165, 1.54) is 0 Å². The van der Waals surface area contributed by atoms with Gasteiger partial charge in [-0.2, -0.15) is 4.98 Å². The Hall–Kier alpha value is -1.79. The van der Waals surface area contributed by atoms with Gasteiger partial charge in [0.1, 0.15) is 5.52 Å². The second kappa shape index (κ2) is 5.20. The van der Waals surface area contributed by atoms with Crippen LogP contribution >= 0.6 is 0 Å². The number of rotatable bonds is 2. The lowest BCUT2D eigenvalue weighted by atomic mass is 10.2. The van der Waals surface area contributed by atoms with Crippen LogP contribution in [0.4, 0.5) is 11.7 Å². The van der Waals surface area contributed by atoms with Crippen LogP contribution in [0, 0.1) is 0 Å². The minimum atomic E-state index is 0.578. The fourth-order valence-corrected chi connectivity index (χ4v) is 3.22. The van der Waals surface area contributed by atoms with Crippen LogP contribution in [0.1, 0.15) is 6.42 Å². The molecule has 0 bridgehead atoms. The summed E-state index contributed by atoms with van der Waals surface area (Å²) in [5.41, 5.74) is 8.13. The van der Waals surface area contributed by atoms with Crippen molar-refractivity contribution in [3.05, 3.63) is 18.2 Å². The molecule has 2 N–H and O–H groups in total. The van der Waals surface area contributed by atoms with Crippen LogP contribution in [0.2, 0.25) is 0 Å². The molecule has 2 fully saturated rings. The number of nitrogens with zero attached hydrogens (tertiary/aromatic N) is 3. The minimum absolute atomic E-state index is 0.578. The Labute approximate surface area is 123 Å². The maximum absolute atomic E-state index is 5.86. The normalized spacial score (nSPS) is 24.0. The highest BCUT2D eigenvalue weighted by atomic mass is 16.5. The Morgan fingerprint density at radius 3 is 2.90 bits per heavy atom. The van der Waals surface area contributed by atoms with Crippen LogP contribution in [0.15, 0.2) is 22.6 Å². The van der Waals surface area contributed by atoms with E-state index in [0.717, 1.165) is 56.9 Å². The molecule has 2 saturated heterocycles. The zero-order chi connectivity index (χ0) is 14.2. The third kappa shape index (κ3) is 2.45. The van der Waals surface area contributed by atoms with Crippen molar-refractivity contribution in [3.8, 4) is 0 Å². The smallest absolute Gasteiger partial charge is 0.298 e. The summed E-state index contributed by atoms with van der Waals surface area (Å²) < 4.78 is 11.3. The SMILES string of the molecule is Nc1ccc2nc(N3CCC(N4CCOCC4)C3)oc2c1. The van der Waals surface area contributed by atoms with Crippen molar-refractivity contribution in [2.45, 2.75) is 12.5 Å². The van der Waals surface area contributed by atoms with Crippen molar-refractivity contribution in [2.24, 2.45) is 0 Å². The average molecular weight is 288 g/mol. The fourth-order valence-electron chi connectivity index (χ4n) is 3.22. The van der Waals surface area contributed by atoms with Gasteiger partial charge >= 0.3 is 0 Å². The third-order valence-electron chi connectivity index (χ3n) is 4.40. The van der Waals surface area contributed by atoms with Gasteiger partial charge in [0.25, 0.3) is 6.01 Å². The molecule has 4 rings (SSSR count). The summed E-state index contributed by atoms with van der Waals surface area (Å²) in [6.07, 6.45) is 1.15. The Balaban J connectivity index is 1.50. The number of hydrogen-bond donors (Lipinski definition) is 1. The van der Waals surface area contributed by atoms with Crippen LogP contribution in [0.3, 0.4) is 0 Å². The lowest BCUT2D eigenvalue weighted by Crippen LogP contribution is -2.44. The predicted molar refractivity (Wildman–Crippen MR) is 81.4 cm³/mol. The largest absolute Gasteiger partial charge is 0.423 e. The number of fused-ring (bicyclic) bond motifs is 1. The monoisotopic (exact) mass is 288 g/mol. The Bertz CT molecular complexity index is 636. The van der Waals surface area contributed by atoms with Crippen molar-refractivity contribution in [2.75, 3.05) is 50.0 Å². The molecule has 1 aromatic carbocycles. The predicted octanol–water partition coefficient (Wildman–Crippen LogP) is 1.32. The highest BCUT2D eigenvalue weighted by molar-refractivity contribution is 5.78. The topological polar surface area (TPSA) is 67.8 Å². The van der Waals surface area contributed by atoms with Crippen LogP contribution in [-0.2, 0) is 4.74 Å². The fraction of sp³-hybridized carbons (Fsp3) is 0.533. The van der Waals surface area contributed by atoms with Crippen molar-refractivity contribution < 1.29 is 9.15 Å². The summed E-state index contributed by atoms with van der Waals surface area (Å²) in [6.45, 7) is 5.72. The number of anilines is 2. The molecule has 0 aliphatic carbocycles. The first-order chi connectivity index (χ1) is 10.3. The maximum Gasteiger partial charge on any atom is 0.298 e. The van der Waals surface area contributed by atoms with Gasteiger partial charge in [0.15, 0.2) is 5.58 Å². The van der Waals surface area contributed by atoms with E-state index in [-0.39, 0.29) is 0 Å². The first-order valence-electron chi connectivity index (χ1n) is 7.52. The van der Waals surface area contributed by atoms with Crippen LogP contribution in [0.25, 0.3) is 11.1 Å². The molecule has 112 valence electrons. The first kappa shape index (κ1) is 12.9. The van der Waals surface area contributed by atoms with E-state index in [1.807, 2.05) is 18.2 Å². The molecule has 0 amide bonds. The number of hydrogen-bond acceptors (Lipinski definition) is 6. The maximum atomic E-state index is 5.86. The molecular formula is C15H20N4O2. The van der Waals surface area contributed by atoms with Gasteiger partial charge in [-0.15, -0.1) is 0 Å². The quantitative estimate of drug-likeness (QED) is 0.841. The molecule has 2 aliphatic rings. The van der Waals surface area contributed by atoms with Crippen molar-refractivity contribution >= 4 is 22.8 Å². The second-order valence-corrected chi connectivity index (χ2v) is 5.76. The van der Waals surface area contributed by atoms with Crippen LogP contribution in [-0.4, -0.2) is 55.3 Å². The van der Waals surface area contributed by atoms with Gasteiger partial charge in [0, 0.05) is 44.0 Å². The van der Waals surface area contributed by atoms with Gasteiger partial charge in [0.2, 0.25) is 0 Å². The molecule has 3 heterocycles. The zero-order valence-corrected chi connectivity index (χ0v) is 12.0. The van der Waals surface area contributed by atoms with Gasteiger partial charge in [-0.3, -0.25) is 4.90 Å². The average Bonchev–Trinajstić information content (AvgIpc) is 3.14. The van der Waals surface area contributed by atoms with E-state index in [4.69, 9.17) is 14.9 Å². The number of morpholine rings is 1. The van der Waals surface area contributed by atoms with Gasteiger partial charge < -0.3 is 19.8 Å². The van der Waals surface area contributed by atoms with Gasteiger partial charge in [0.05, 0.1) is 13.2 Å². The number of benzene rings is 1. The van der Waals surface area contributed by atoms with Crippen LogP contribution < -0.4 is 10.6 Å². The summed E-state index contributed by atoms with van der Waals surface area (Å²) in [6, 6.07) is 6.89. The zero-order valence-electron chi connectivity index (χ0n) is 12.0. The number of oxazole rings is 1. The van der Waals surface area contributed by atoms with Gasteiger partial charge in [-0.25, -0.2) is 0 Å². The van der Waals surface area contributed by atoms with Crippen molar-refractivity contribution in [1.82, 2.24) is 9.88 Å². The van der Waals surface area contributed by atoms with E-state index < -0.39 is 0 Å². The molecule has 6 heteroatoms. The molecular weight excluding hydrogens is 268 g/mol.